The first-order valence-corrected chi connectivity index (χ1v) is 10.7. The number of rotatable bonds is 5. The fraction of sp³-hybridized carbons (Fsp3) is 0.526. The lowest BCUT2D eigenvalue weighted by atomic mass is 10.1. The second kappa shape index (κ2) is 8.33. The summed E-state index contributed by atoms with van der Waals surface area (Å²) < 4.78 is 27.2. The quantitative estimate of drug-likeness (QED) is 0.768. The van der Waals surface area contributed by atoms with E-state index in [0.29, 0.717) is 18.7 Å². The van der Waals surface area contributed by atoms with Crippen molar-refractivity contribution in [1.29, 1.82) is 0 Å². The monoisotopic (exact) mass is 377 g/mol. The molecule has 2 heterocycles. The highest BCUT2D eigenvalue weighted by Crippen LogP contribution is 2.25. The molecule has 0 radical (unpaired) electrons. The summed E-state index contributed by atoms with van der Waals surface area (Å²) in [6, 6.07) is 6.28. The predicted molar refractivity (Wildman–Crippen MR) is 102 cm³/mol. The largest absolute Gasteiger partial charge is 0.348 e. The van der Waals surface area contributed by atoms with Crippen LogP contribution in [0.5, 0.6) is 0 Å². The first-order chi connectivity index (χ1) is 12.5. The Kier molecular flexibility index (Phi) is 6.11. The van der Waals surface area contributed by atoms with Gasteiger partial charge in [-0.2, -0.15) is 4.31 Å². The second-order valence-electron chi connectivity index (χ2n) is 6.98. The Morgan fingerprint density at radius 1 is 1.27 bits per heavy atom. The minimum atomic E-state index is -3.50. The molecule has 1 amide bonds. The van der Waals surface area contributed by atoms with Crippen LogP contribution in [0.15, 0.2) is 40.8 Å². The number of benzene rings is 1. The number of hydrogen-bond donors (Lipinski definition) is 2. The summed E-state index contributed by atoms with van der Waals surface area (Å²) in [5, 5.41) is 6.14. The molecule has 2 aliphatic heterocycles. The van der Waals surface area contributed by atoms with Gasteiger partial charge in [0.1, 0.15) is 0 Å². The van der Waals surface area contributed by atoms with E-state index in [1.165, 1.54) is 17.7 Å². The van der Waals surface area contributed by atoms with Crippen LogP contribution in [-0.2, 0) is 10.0 Å². The van der Waals surface area contributed by atoms with Gasteiger partial charge in [-0.05, 0) is 57.0 Å². The number of nitrogens with zero attached hydrogens (tertiary/aromatic N) is 1. The second-order valence-corrected chi connectivity index (χ2v) is 8.87. The minimum absolute atomic E-state index is 0.0231. The van der Waals surface area contributed by atoms with Gasteiger partial charge in [0.2, 0.25) is 10.0 Å². The molecule has 1 unspecified atom stereocenters. The molecule has 2 N–H and O–H groups in total. The van der Waals surface area contributed by atoms with Crippen LogP contribution in [0, 0.1) is 0 Å². The molecule has 0 aliphatic carbocycles. The van der Waals surface area contributed by atoms with Crippen molar-refractivity contribution >= 4 is 15.9 Å². The van der Waals surface area contributed by atoms with Crippen molar-refractivity contribution in [2.45, 2.75) is 43.5 Å². The van der Waals surface area contributed by atoms with Crippen LogP contribution >= 0.6 is 0 Å². The van der Waals surface area contributed by atoms with Crippen molar-refractivity contribution in [2.24, 2.45) is 0 Å². The van der Waals surface area contributed by atoms with Gasteiger partial charge in [0.05, 0.1) is 4.90 Å². The third-order valence-electron chi connectivity index (χ3n) is 5.10. The van der Waals surface area contributed by atoms with Crippen LogP contribution in [0.3, 0.4) is 0 Å². The molecule has 1 aromatic rings. The van der Waals surface area contributed by atoms with E-state index in [-0.39, 0.29) is 16.8 Å². The van der Waals surface area contributed by atoms with Crippen molar-refractivity contribution in [3.63, 3.8) is 0 Å². The average Bonchev–Trinajstić information content (AvgIpc) is 2.67. The van der Waals surface area contributed by atoms with Gasteiger partial charge < -0.3 is 10.6 Å². The van der Waals surface area contributed by atoms with Crippen LogP contribution in [0.4, 0.5) is 0 Å². The number of hydrogen-bond acceptors (Lipinski definition) is 4. The zero-order chi connectivity index (χ0) is 18.6. The minimum Gasteiger partial charge on any atom is -0.348 e. The third kappa shape index (κ3) is 4.34. The molecular formula is C19H27N3O3S. The van der Waals surface area contributed by atoms with Gasteiger partial charge in [-0.3, -0.25) is 4.79 Å². The molecule has 0 aromatic heterocycles. The maximum absolute atomic E-state index is 12.8. The molecule has 26 heavy (non-hydrogen) atoms. The molecule has 1 atom stereocenters. The molecule has 0 spiro atoms. The Balaban J connectivity index is 1.65. The lowest BCUT2D eigenvalue weighted by Gasteiger charge is -2.32. The number of carbonyl (C=O) groups is 1. The highest BCUT2D eigenvalue weighted by atomic mass is 32.2. The fourth-order valence-electron chi connectivity index (χ4n) is 3.47. The fourth-order valence-corrected chi connectivity index (χ4v) is 5.17. The Morgan fingerprint density at radius 2 is 2.04 bits per heavy atom. The summed E-state index contributed by atoms with van der Waals surface area (Å²) in [4.78, 5) is 12.5. The van der Waals surface area contributed by atoms with Crippen molar-refractivity contribution in [3.05, 3.63) is 41.5 Å². The highest BCUT2D eigenvalue weighted by Gasteiger charge is 2.30. The molecule has 7 heteroatoms. The van der Waals surface area contributed by atoms with E-state index in [1.54, 1.807) is 16.4 Å². The van der Waals surface area contributed by atoms with Crippen LogP contribution in [0.2, 0.25) is 0 Å². The van der Waals surface area contributed by atoms with Crippen LogP contribution in [0.25, 0.3) is 0 Å². The lowest BCUT2D eigenvalue weighted by Crippen LogP contribution is -2.41. The summed E-state index contributed by atoms with van der Waals surface area (Å²) in [5.41, 5.74) is 1.69. The van der Waals surface area contributed by atoms with Gasteiger partial charge in [-0.1, -0.05) is 18.1 Å². The van der Waals surface area contributed by atoms with E-state index in [2.05, 4.69) is 16.7 Å². The van der Waals surface area contributed by atoms with E-state index >= 15 is 0 Å². The standard InChI is InChI=1S/C19H27N3O3S/c1-15-4-2-3-13-22(15)26(24,25)18-7-5-17(6-8-18)19(23)21-14-16-9-11-20-12-10-16/h5-9,15,20H,2-4,10-14H2,1H3,(H,21,23). The number of amides is 1. The Hall–Kier alpha value is -1.70. The van der Waals surface area contributed by atoms with Gasteiger partial charge in [0, 0.05) is 31.2 Å². The maximum Gasteiger partial charge on any atom is 0.251 e. The molecule has 0 bridgehead atoms. The zero-order valence-corrected chi connectivity index (χ0v) is 16.0. The number of sulfonamides is 1. The van der Waals surface area contributed by atoms with Crippen LogP contribution < -0.4 is 10.6 Å². The molecule has 142 valence electrons. The van der Waals surface area contributed by atoms with Crippen LogP contribution in [0.1, 0.15) is 43.0 Å². The Labute approximate surface area is 155 Å². The van der Waals surface area contributed by atoms with E-state index in [4.69, 9.17) is 0 Å². The molecule has 1 fully saturated rings. The molecule has 0 saturated carbocycles. The zero-order valence-electron chi connectivity index (χ0n) is 15.2. The number of nitrogens with one attached hydrogen (secondary N) is 2. The molecule has 2 aliphatic rings. The van der Waals surface area contributed by atoms with Crippen molar-refractivity contribution < 1.29 is 13.2 Å². The topological polar surface area (TPSA) is 78.5 Å². The van der Waals surface area contributed by atoms with E-state index < -0.39 is 10.0 Å². The van der Waals surface area contributed by atoms with Crippen molar-refractivity contribution in [1.82, 2.24) is 14.9 Å². The Morgan fingerprint density at radius 3 is 2.69 bits per heavy atom. The lowest BCUT2D eigenvalue weighted by molar-refractivity contribution is 0.0956. The third-order valence-corrected chi connectivity index (χ3v) is 7.13. The smallest absolute Gasteiger partial charge is 0.251 e. The SMILES string of the molecule is CC1CCCCN1S(=O)(=O)c1ccc(C(=O)NCC2=CCNCC2)cc1. The van der Waals surface area contributed by atoms with Crippen LogP contribution in [-0.4, -0.2) is 50.9 Å². The van der Waals surface area contributed by atoms with Crippen molar-refractivity contribution in [2.75, 3.05) is 26.2 Å². The van der Waals surface area contributed by atoms with Gasteiger partial charge in [-0.15, -0.1) is 0 Å². The maximum atomic E-state index is 12.8. The van der Waals surface area contributed by atoms with Gasteiger partial charge in [0.25, 0.3) is 5.91 Å². The predicted octanol–water partition coefficient (Wildman–Crippen LogP) is 1.90. The van der Waals surface area contributed by atoms with Gasteiger partial charge >= 0.3 is 0 Å². The average molecular weight is 378 g/mol. The molecule has 6 nitrogen and oxygen atoms in total. The molecule has 1 aromatic carbocycles. The molecular weight excluding hydrogens is 350 g/mol. The van der Waals surface area contributed by atoms with E-state index in [9.17, 15) is 13.2 Å². The van der Waals surface area contributed by atoms with E-state index in [1.807, 2.05) is 6.92 Å². The molecule has 3 rings (SSSR count). The summed E-state index contributed by atoms with van der Waals surface area (Å²) in [7, 11) is -3.50. The highest BCUT2D eigenvalue weighted by molar-refractivity contribution is 7.89. The summed E-state index contributed by atoms with van der Waals surface area (Å²) in [6.07, 6.45) is 5.89. The number of carbonyl (C=O) groups excluding carboxylic acids is 1. The summed E-state index contributed by atoms with van der Waals surface area (Å²) in [5.74, 6) is -0.181. The first-order valence-electron chi connectivity index (χ1n) is 9.27. The van der Waals surface area contributed by atoms with Gasteiger partial charge in [0.15, 0.2) is 0 Å². The van der Waals surface area contributed by atoms with Gasteiger partial charge in [-0.25, -0.2) is 8.42 Å². The summed E-state index contributed by atoms with van der Waals surface area (Å²) >= 11 is 0. The summed E-state index contributed by atoms with van der Waals surface area (Å²) in [6.45, 7) is 4.82. The first kappa shape index (κ1) is 19.1. The molecule has 1 saturated heterocycles. The number of piperidine rings is 1. The van der Waals surface area contributed by atoms with Crippen molar-refractivity contribution in [3.8, 4) is 0 Å². The Bertz CT molecular complexity index is 772. The van der Waals surface area contributed by atoms with E-state index in [0.717, 1.165) is 38.8 Å². The normalized spacial score (nSPS) is 21.9.